The number of hydrogen-bond acceptors (Lipinski definition) is 2. The average molecular weight is 215 g/mol. The summed E-state index contributed by atoms with van der Waals surface area (Å²) in [5, 5.41) is 3.57. The molecule has 2 nitrogen and oxygen atoms in total. The number of rotatable bonds is 2. The molecular weight excluding hydrogens is 203 g/mol. The van der Waals surface area contributed by atoms with E-state index in [1.54, 1.807) is 18.3 Å². The van der Waals surface area contributed by atoms with Crippen molar-refractivity contribution in [2.75, 3.05) is 5.32 Å². The van der Waals surface area contributed by atoms with Gasteiger partial charge < -0.3 is 5.32 Å². The number of anilines is 1. The fourth-order valence-electron chi connectivity index (χ4n) is 1.78. The highest BCUT2D eigenvalue weighted by Gasteiger charge is 2.26. The van der Waals surface area contributed by atoms with E-state index in [1.807, 2.05) is 0 Å². The molecule has 1 aromatic heterocycles. The summed E-state index contributed by atoms with van der Waals surface area (Å²) in [7, 11) is 0. The lowest BCUT2D eigenvalue weighted by atomic mass is 10.2. The van der Waals surface area contributed by atoms with E-state index in [4.69, 9.17) is 11.6 Å². The van der Waals surface area contributed by atoms with Crippen molar-refractivity contribution in [2.24, 2.45) is 0 Å². The Morgan fingerprint density at radius 2 is 2.36 bits per heavy atom. The van der Waals surface area contributed by atoms with Crippen molar-refractivity contribution in [2.45, 2.75) is 31.5 Å². The Morgan fingerprint density at radius 3 is 3.00 bits per heavy atom. The van der Waals surface area contributed by atoms with Crippen molar-refractivity contribution in [1.82, 2.24) is 4.98 Å². The minimum atomic E-state index is -0.734. The number of pyridine rings is 1. The molecule has 76 valence electrons. The maximum Gasteiger partial charge on any atom is 0.131 e. The molecule has 14 heavy (non-hydrogen) atoms. The molecule has 0 bridgehead atoms. The third kappa shape index (κ3) is 2.15. The lowest BCUT2D eigenvalue weighted by Crippen LogP contribution is -2.24. The normalized spacial score (nSPS) is 26.4. The number of hydrogen-bond donors (Lipinski definition) is 1. The van der Waals surface area contributed by atoms with Gasteiger partial charge in [-0.05, 0) is 31.4 Å². The monoisotopic (exact) mass is 214 g/mol. The number of nitrogens with zero attached hydrogens (tertiary/aromatic N) is 1. The Morgan fingerprint density at radius 1 is 1.50 bits per heavy atom. The van der Waals surface area contributed by atoms with Gasteiger partial charge in [0.15, 0.2) is 0 Å². The molecule has 1 saturated carbocycles. The molecule has 1 aromatic rings. The van der Waals surface area contributed by atoms with Crippen LogP contribution in [0.15, 0.2) is 18.3 Å². The van der Waals surface area contributed by atoms with Crippen molar-refractivity contribution in [3.8, 4) is 0 Å². The maximum atomic E-state index is 13.3. The minimum Gasteiger partial charge on any atom is -0.379 e. The molecule has 1 fully saturated rings. The van der Waals surface area contributed by atoms with Crippen LogP contribution in [-0.4, -0.2) is 17.2 Å². The van der Waals surface area contributed by atoms with E-state index < -0.39 is 6.17 Å². The first-order valence-corrected chi connectivity index (χ1v) is 5.15. The van der Waals surface area contributed by atoms with Crippen molar-refractivity contribution < 1.29 is 4.39 Å². The van der Waals surface area contributed by atoms with E-state index in [9.17, 15) is 4.39 Å². The van der Waals surface area contributed by atoms with Gasteiger partial charge in [0.25, 0.3) is 0 Å². The predicted molar refractivity (Wildman–Crippen MR) is 55.4 cm³/mol. The summed E-state index contributed by atoms with van der Waals surface area (Å²) in [6.45, 7) is 0. The van der Waals surface area contributed by atoms with E-state index in [-0.39, 0.29) is 6.04 Å². The van der Waals surface area contributed by atoms with Crippen molar-refractivity contribution >= 4 is 17.3 Å². The Hall–Kier alpha value is -0.830. The molecule has 0 saturated heterocycles. The molecule has 0 unspecified atom stereocenters. The van der Waals surface area contributed by atoms with E-state index in [0.717, 1.165) is 18.5 Å². The topological polar surface area (TPSA) is 24.9 Å². The quantitative estimate of drug-likeness (QED) is 0.766. The van der Waals surface area contributed by atoms with Crippen LogP contribution in [0.25, 0.3) is 0 Å². The third-order valence-electron chi connectivity index (χ3n) is 2.51. The number of nitrogens with one attached hydrogen (secondary N) is 1. The highest BCUT2D eigenvalue weighted by molar-refractivity contribution is 6.29. The van der Waals surface area contributed by atoms with Gasteiger partial charge in [-0.2, -0.15) is 0 Å². The van der Waals surface area contributed by atoms with Gasteiger partial charge in [-0.25, -0.2) is 9.37 Å². The average Bonchev–Trinajstić information content (AvgIpc) is 2.52. The molecule has 0 radical (unpaired) electrons. The third-order valence-corrected chi connectivity index (χ3v) is 2.72. The van der Waals surface area contributed by atoms with E-state index >= 15 is 0 Å². The Balaban J connectivity index is 2.03. The molecular formula is C10H12ClFN2. The van der Waals surface area contributed by atoms with Crippen molar-refractivity contribution in [3.05, 3.63) is 23.5 Å². The first kappa shape index (κ1) is 9.71. The summed E-state index contributed by atoms with van der Waals surface area (Å²) < 4.78 is 13.3. The van der Waals surface area contributed by atoms with Crippen molar-refractivity contribution in [1.29, 1.82) is 0 Å². The summed E-state index contributed by atoms with van der Waals surface area (Å²) in [4.78, 5) is 3.87. The second-order valence-corrected chi connectivity index (χ2v) is 3.95. The SMILES string of the molecule is F[C@@H]1CCC[C@@H]1Nc1ccnc(Cl)c1. The highest BCUT2D eigenvalue weighted by Crippen LogP contribution is 2.25. The molecule has 0 aromatic carbocycles. The molecule has 0 aliphatic heterocycles. The zero-order valence-corrected chi connectivity index (χ0v) is 8.47. The number of alkyl halides is 1. The van der Waals surface area contributed by atoms with Gasteiger partial charge in [-0.15, -0.1) is 0 Å². The molecule has 1 heterocycles. The minimum absolute atomic E-state index is 0.0616. The van der Waals surface area contributed by atoms with Crippen molar-refractivity contribution in [3.63, 3.8) is 0 Å². The summed E-state index contributed by atoms with van der Waals surface area (Å²) in [6.07, 6.45) is 3.39. The van der Waals surface area contributed by atoms with Gasteiger partial charge in [-0.3, -0.25) is 0 Å². The van der Waals surface area contributed by atoms with Gasteiger partial charge in [-0.1, -0.05) is 11.6 Å². The zero-order valence-electron chi connectivity index (χ0n) is 7.71. The van der Waals surface area contributed by atoms with E-state index in [0.29, 0.717) is 11.6 Å². The maximum absolute atomic E-state index is 13.3. The van der Waals surface area contributed by atoms with Gasteiger partial charge in [0.1, 0.15) is 11.3 Å². The van der Waals surface area contributed by atoms with Crippen LogP contribution in [0, 0.1) is 0 Å². The van der Waals surface area contributed by atoms with Gasteiger partial charge in [0, 0.05) is 11.9 Å². The highest BCUT2D eigenvalue weighted by atomic mass is 35.5. The first-order valence-electron chi connectivity index (χ1n) is 4.78. The largest absolute Gasteiger partial charge is 0.379 e. The lowest BCUT2D eigenvalue weighted by Gasteiger charge is -2.15. The molecule has 2 rings (SSSR count). The smallest absolute Gasteiger partial charge is 0.131 e. The van der Waals surface area contributed by atoms with E-state index in [1.165, 1.54) is 0 Å². The second kappa shape index (κ2) is 4.13. The summed E-state index contributed by atoms with van der Waals surface area (Å²) in [6, 6.07) is 3.46. The van der Waals surface area contributed by atoms with Gasteiger partial charge in [0.05, 0.1) is 6.04 Å². The van der Waals surface area contributed by atoms with Crippen LogP contribution in [0.1, 0.15) is 19.3 Å². The predicted octanol–water partition coefficient (Wildman–Crippen LogP) is 3.04. The Kier molecular flexibility index (Phi) is 2.87. The first-order chi connectivity index (χ1) is 6.75. The van der Waals surface area contributed by atoms with Crippen LogP contribution in [0.2, 0.25) is 5.15 Å². The zero-order chi connectivity index (χ0) is 9.97. The molecule has 0 amide bonds. The molecule has 4 heteroatoms. The van der Waals surface area contributed by atoms with Crippen LogP contribution in [0.5, 0.6) is 0 Å². The second-order valence-electron chi connectivity index (χ2n) is 3.56. The fraction of sp³-hybridized carbons (Fsp3) is 0.500. The number of halogens is 2. The van der Waals surface area contributed by atoms with Crippen LogP contribution >= 0.6 is 11.6 Å². The molecule has 0 spiro atoms. The Labute approximate surface area is 87.5 Å². The van der Waals surface area contributed by atoms with Crippen LogP contribution in [-0.2, 0) is 0 Å². The molecule has 1 aliphatic carbocycles. The van der Waals surface area contributed by atoms with Crippen LogP contribution in [0.3, 0.4) is 0 Å². The van der Waals surface area contributed by atoms with Gasteiger partial charge in [0.2, 0.25) is 0 Å². The summed E-state index contributed by atoms with van der Waals surface area (Å²) in [5.41, 5.74) is 0.847. The summed E-state index contributed by atoms with van der Waals surface area (Å²) in [5.74, 6) is 0. The van der Waals surface area contributed by atoms with Gasteiger partial charge >= 0.3 is 0 Å². The fourth-order valence-corrected chi connectivity index (χ4v) is 1.96. The lowest BCUT2D eigenvalue weighted by molar-refractivity contribution is 0.323. The molecule has 2 atom stereocenters. The standard InChI is InChI=1S/C10H12ClFN2/c11-10-6-7(4-5-13-10)14-9-3-1-2-8(9)12/h4-6,8-9H,1-3H2,(H,13,14)/t8-,9+/m1/s1. The summed E-state index contributed by atoms with van der Waals surface area (Å²) >= 11 is 5.72. The Bertz CT molecular complexity index is 319. The molecule has 1 aliphatic rings. The number of aromatic nitrogens is 1. The molecule has 1 N–H and O–H groups in total. The van der Waals surface area contributed by atoms with Crippen LogP contribution in [0.4, 0.5) is 10.1 Å². The van der Waals surface area contributed by atoms with Crippen LogP contribution < -0.4 is 5.32 Å². The van der Waals surface area contributed by atoms with E-state index in [2.05, 4.69) is 10.3 Å².